The predicted octanol–water partition coefficient (Wildman–Crippen LogP) is 34.9. The zero-order valence-electron chi connectivity index (χ0n) is 80.1. The number of hydrogen-bond donors (Lipinski definition) is 2. The van der Waals surface area contributed by atoms with Gasteiger partial charge in [-0.05, 0) is 232 Å². The molecule has 10 aromatic rings. The summed E-state index contributed by atoms with van der Waals surface area (Å²) < 4.78 is 0. The molecule has 3 nitrogen and oxygen atoms in total. The summed E-state index contributed by atoms with van der Waals surface area (Å²) in [5.74, 6) is 3.85. The van der Waals surface area contributed by atoms with Crippen LogP contribution in [-0.2, 0) is 44.9 Å². The lowest BCUT2D eigenvalue weighted by Gasteiger charge is -2.28. The Balaban J connectivity index is 0.000000275. The van der Waals surface area contributed by atoms with Gasteiger partial charge in [0.25, 0.3) is 0 Å². The minimum atomic E-state index is 0.352. The maximum Gasteiger partial charge on any atom is 0.0921 e. The van der Waals surface area contributed by atoms with Crippen molar-refractivity contribution < 1.29 is 0 Å². The summed E-state index contributed by atoms with van der Waals surface area (Å²) in [6, 6.07) is 67.4. The maximum atomic E-state index is 3.95. The number of aryl methyl sites for hydroxylation is 5. The SMILES string of the molecule is CC(C)(C)CCC1CCCCC1.CC(C)(C)CCc1ccccc1.CC(C)(C)Cc1c[nH]c2ccccc12.CC(C)(C)Cc1ccc2ccccc2c1.CC(C)(C)Cc1cnc[nH]1.CC(C)Cc1cccc2ccccc12.CC1CCC(CCC(C)(C)C)CC1.Cc1ccc(CCC(C)(C)C)cc1.Cc1ccc(CCC(C)(C)C)cc1. The number of aromatic nitrogens is 3. The molecule has 2 aromatic heterocycles. The van der Waals surface area contributed by atoms with E-state index in [4.69, 9.17) is 0 Å². The highest BCUT2D eigenvalue weighted by Crippen LogP contribution is 2.36. The van der Waals surface area contributed by atoms with E-state index in [2.05, 4.69) is 410 Å². The summed E-state index contributed by atoms with van der Waals surface area (Å²) in [5.41, 5.74) is 17.4. The Labute approximate surface area is 715 Å². The van der Waals surface area contributed by atoms with Gasteiger partial charge in [0.15, 0.2) is 0 Å². The van der Waals surface area contributed by atoms with Crippen LogP contribution < -0.4 is 0 Å². The van der Waals surface area contributed by atoms with E-state index in [1.54, 1.807) is 6.33 Å². The van der Waals surface area contributed by atoms with Crippen LogP contribution in [0.15, 0.2) is 207 Å². The lowest BCUT2D eigenvalue weighted by Crippen LogP contribution is -2.15. The second kappa shape index (κ2) is 49.6. The van der Waals surface area contributed by atoms with Crippen LogP contribution in [-0.4, -0.2) is 15.0 Å². The van der Waals surface area contributed by atoms with Gasteiger partial charge in [-0.3, -0.25) is 0 Å². The number of imidazole rings is 1. The van der Waals surface area contributed by atoms with E-state index in [1.165, 1.54) is 211 Å². The van der Waals surface area contributed by atoms with Crippen LogP contribution >= 0.6 is 0 Å². The van der Waals surface area contributed by atoms with Crippen molar-refractivity contribution in [2.45, 2.75) is 348 Å². The number of fused-ring (bicyclic) bond motifs is 3. The van der Waals surface area contributed by atoms with Crippen molar-refractivity contribution in [3.63, 3.8) is 0 Å². The van der Waals surface area contributed by atoms with E-state index in [0.717, 1.165) is 42.9 Å². The quantitative estimate of drug-likeness (QED) is 0.106. The zero-order chi connectivity index (χ0) is 86.4. The predicted molar refractivity (Wildman–Crippen MR) is 520 cm³/mol. The molecule has 0 unspecified atom stereocenters. The third-order valence-electron chi connectivity index (χ3n) is 21.8. The van der Waals surface area contributed by atoms with E-state index in [1.807, 2.05) is 6.20 Å². The molecule has 2 aliphatic rings. The van der Waals surface area contributed by atoms with Crippen molar-refractivity contribution in [2.24, 2.45) is 67.0 Å². The molecule has 0 atom stereocenters. The van der Waals surface area contributed by atoms with Crippen molar-refractivity contribution >= 4 is 32.4 Å². The Morgan fingerprint density at radius 2 is 0.759 bits per heavy atom. The summed E-state index contributed by atoms with van der Waals surface area (Å²) in [4.78, 5) is 10.3. The highest BCUT2D eigenvalue weighted by molar-refractivity contribution is 5.86. The Bertz CT molecular complexity index is 4100. The van der Waals surface area contributed by atoms with Crippen LogP contribution in [0.25, 0.3) is 32.4 Å². The van der Waals surface area contributed by atoms with Crippen molar-refractivity contribution in [1.29, 1.82) is 0 Å². The summed E-state index contributed by atoms with van der Waals surface area (Å²) in [6.07, 6.45) is 36.8. The molecular weight excluding hydrogens is 1400 g/mol. The van der Waals surface area contributed by atoms with E-state index in [9.17, 15) is 0 Å². The van der Waals surface area contributed by atoms with Crippen LogP contribution in [0, 0.1) is 80.8 Å². The normalized spacial score (nSPS) is 14.8. The lowest BCUT2D eigenvalue weighted by molar-refractivity contribution is 0.241. The third kappa shape index (κ3) is 49.4. The Hall–Kier alpha value is -6.97. The van der Waals surface area contributed by atoms with Crippen molar-refractivity contribution in [3.05, 3.63) is 257 Å². The molecule has 2 N–H and O–H groups in total. The molecule has 2 saturated carbocycles. The van der Waals surface area contributed by atoms with Gasteiger partial charge in [-0.15, -0.1) is 0 Å². The fourth-order valence-electron chi connectivity index (χ4n) is 14.8. The van der Waals surface area contributed by atoms with Crippen molar-refractivity contribution in [1.82, 2.24) is 15.0 Å². The molecule has 12 rings (SSSR count). The standard InChI is InChI=1S/C15H18.C14H16.C13H17N.C13H26.2C13H20.C12H24.C12H18.C8H14N2/c1-15(2,3)11-12-8-9-13-6-4-5-7-14(13)10-12;1-11(2)10-13-8-5-7-12-6-3-4-9-14(12)13;1-13(2,3)8-10-9-14-12-7-5-4-6-11(10)12;3*1-11-5-7-12(8-6-11)9-10-13(2,3)4;2*1-12(2,3)10-9-11-7-5-4-6-8-11;1-8(2,3)4-7-5-9-6-10-7/h4-10H,11H2,1-3H3;3-9,11H,10H2,1-2H3;4-7,9,14H,8H2,1-3H3;11-12H,5-10H2,1-4H3;2*5-8H,9-10H2,1-4H3;11H,4-10H2,1-3H3;4-8H,9-10H2,1-3H3;5-6H,4H2,1-3H3,(H,9,10). The summed E-state index contributed by atoms with van der Waals surface area (Å²) >= 11 is 0. The lowest BCUT2D eigenvalue weighted by atomic mass is 9.78. The van der Waals surface area contributed by atoms with Gasteiger partial charge in [-0.1, -0.05) is 438 Å². The molecular formula is C113H173N3. The van der Waals surface area contributed by atoms with E-state index in [-0.39, 0.29) is 0 Å². The molecule has 0 aliphatic heterocycles. The fourth-order valence-corrected chi connectivity index (χ4v) is 14.8. The maximum absolute atomic E-state index is 3.95. The molecule has 0 spiro atoms. The van der Waals surface area contributed by atoms with Crippen LogP contribution in [0.5, 0.6) is 0 Å². The average molecular weight is 1570 g/mol. The third-order valence-corrected chi connectivity index (χ3v) is 21.8. The minimum absolute atomic E-state index is 0.352. The van der Waals surface area contributed by atoms with Gasteiger partial charge in [0.1, 0.15) is 0 Å². The van der Waals surface area contributed by atoms with Crippen LogP contribution in [0.4, 0.5) is 0 Å². The highest BCUT2D eigenvalue weighted by atomic mass is 14.9. The van der Waals surface area contributed by atoms with Crippen molar-refractivity contribution in [3.8, 4) is 0 Å². The Kier molecular flexibility index (Phi) is 43.3. The molecule has 0 saturated heterocycles. The average Bonchev–Trinajstić information content (AvgIpc) is 1.22. The Morgan fingerprint density at radius 3 is 1.22 bits per heavy atom. The van der Waals surface area contributed by atoms with E-state index < -0.39 is 0 Å². The number of hydrogen-bond acceptors (Lipinski definition) is 1. The molecule has 2 aliphatic carbocycles. The number of nitrogens with zero attached hydrogens (tertiary/aromatic N) is 1. The molecule has 8 aromatic carbocycles. The Morgan fingerprint density at radius 1 is 0.345 bits per heavy atom. The molecule has 0 radical (unpaired) electrons. The first-order valence-electron chi connectivity index (χ1n) is 45.6. The summed E-state index contributed by atoms with van der Waals surface area (Å²) in [7, 11) is 0. The molecule has 0 bridgehead atoms. The number of H-pyrrole nitrogens is 2. The molecule has 0 amide bonds. The van der Waals surface area contributed by atoms with Gasteiger partial charge < -0.3 is 9.97 Å². The van der Waals surface area contributed by atoms with Gasteiger partial charge in [0.05, 0.1) is 6.33 Å². The van der Waals surface area contributed by atoms with E-state index >= 15 is 0 Å². The first-order valence-corrected chi connectivity index (χ1v) is 45.6. The number of aromatic amines is 2. The second-order valence-electron chi connectivity index (χ2n) is 45.0. The van der Waals surface area contributed by atoms with Gasteiger partial charge in [-0.25, -0.2) is 4.98 Å². The second-order valence-corrected chi connectivity index (χ2v) is 45.0. The first kappa shape index (κ1) is 101. The number of para-hydroxylation sites is 1. The molecule has 2 heterocycles. The van der Waals surface area contributed by atoms with Crippen LogP contribution in [0.2, 0.25) is 0 Å². The summed E-state index contributed by atoms with van der Waals surface area (Å²) in [5, 5.41) is 6.80. The van der Waals surface area contributed by atoms with Crippen LogP contribution in [0.3, 0.4) is 0 Å². The van der Waals surface area contributed by atoms with Gasteiger partial charge in [0.2, 0.25) is 0 Å². The number of benzene rings is 8. The smallest absolute Gasteiger partial charge is 0.0921 e. The summed E-state index contributed by atoms with van der Waals surface area (Å²) in [6.45, 7) is 66.3. The van der Waals surface area contributed by atoms with Gasteiger partial charge in [0, 0.05) is 29.0 Å². The monoisotopic (exact) mass is 1570 g/mol. The molecule has 3 heteroatoms. The van der Waals surface area contributed by atoms with E-state index in [0.29, 0.717) is 43.3 Å². The largest absolute Gasteiger partial charge is 0.361 e. The van der Waals surface area contributed by atoms with Crippen LogP contribution in [0.1, 0.15) is 340 Å². The fraction of sp³-hybridized carbons (Fsp3) is 0.566. The minimum Gasteiger partial charge on any atom is -0.361 e. The first-order chi connectivity index (χ1) is 54.0. The van der Waals surface area contributed by atoms with Gasteiger partial charge in [-0.2, -0.15) is 0 Å². The molecule has 2 fully saturated rings. The van der Waals surface area contributed by atoms with Gasteiger partial charge >= 0.3 is 0 Å². The number of rotatable bonds is 15. The molecule has 116 heavy (non-hydrogen) atoms. The van der Waals surface area contributed by atoms with Crippen molar-refractivity contribution in [2.75, 3.05) is 0 Å². The topological polar surface area (TPSA) is 44.5 Å². The number of nitrogens with one attached hydrogen (secondary N) is 2. The highest BCUT2D eigenvalue weighted by Gasteiger charge is 2.22. The molecule has 640 valence electrons. The zero-order valence-corrected chi connectivity index (χ0v) is 80.1.